The van der Waals surface area contributed by atoms with Crippen LogP contribution in [0, 0.1) is 5.92 Å². The van der Waals surface area contributed by atoms with Crippen molar-refractivity contribution in [2.75, 3.05) is 18.5 Å². The Kier molecular flexibility index (Phi) is 12.7. The number of hydrogen-bond donors (Lipinski definition) is 1. The van der Waals surface area contributed by atoms with Crippen LogP contribution in [0.1, 0.15) is 95.3 Å². The SMILES string of the molecule is CCCCCCCCCCC(CC)CNc1ccc(C(=O)OCC)cc1. The van der Waals surface area contributed by atoms with Crippen molar-refractivity contribution >= 4 is 11.7 Å². The summed E-state index contributed by atoms with van der Waals surface area (Å²) in [6.07, 6.45) is 13.6. The van der Waals surface area contributed by atoms with E-state index in [1.54, 1.807) is 0 Å². The van der Waals surface area contributed by atoms with Crippen LogP contribution in [0.2, 0.25) is 0 Å². The van der Waals surface area contributed by atoms with Crippen molar-refractivity contribution in [3.8, 4) is 0 Å². The third-order valence-electron chi connectivity index (χ3n) is 5.03. The second-order valence-electron chi connectivity index (χ2n) is 7.22. The van der Waals surface area contributed by atoms with E-state index in [9.17, 15) is 4.79 Å². The molecule has 1 rings (SSSR count). The summed E-state index contributed by atoms with van der Waals surface area (Å²) in [5.74, 6) is 0.472. The summed E-state index contributed by atoms with van der Waals surface area (Å²) < 4.78 is 5.02. The zero-order chi connectivity index (χ0) is 19.0. The van der Waals surface area contributed by atoms with Gasteiger partial charge in [0.1, 0.15) is 0 Å². The average molecular weight is 362 g/mol. The van der Waals surface area contributed by atoms with Crippen molar-refractivity contribution in [2.24, 2.45) is 5.92 Å². The number of anilines is 1. The number of ether oxygens (including phenoxy) is 1. The summed E-state index contributed by atoms with van der Waals surface area (Å²) in [6, 6.07) is 7.60. The predicted octanol–water partition coefficient (Wildman–Crippen LogP) is 6.83. The Morgan fingerprint density at radius 1 is 0.923 bits per heavy atom. The fraction of sp³-hybridized carbons (Fsp3) is 0.696. The molecule has 0 saturated carbocycles. The molecule has 1 N–H and O–H groups in total. The summed E-state index contributed by atoms with van der Waals surface area (Å²) in [6.45, 7) is 7.79. The van der Waals surface area contributed by atoms with Crippen LogP contribution in [-0.4, -0.2) is 19.1 Å². The van der Waals surface area contributed by atoms with Crippen molar-refractivity contribution in [3.63, 3.8) is 0 Å². The first kappa shape index (κ1) is 22.5. The molecule has 0 fully saturated rings. The lowest BCUT2D eigenvalue weighted by Gasteiger charge is -2.16. The van der Waals surface area contributed by atoms with E-state index in [2.05, 4.69) is 19.2 Å². The Balaban J connectivity index is 2.19. The van der Waals surface area contributed by atoms with Gasteiger partial charge >= 0.3 is 5.97 Å². The third kappa shape index (κ3) is 9.84. The lowest BCUT2D eigenvalue weighted by molar-refractivity contribution is 0.0526. The van der Waals surface area contributed by atoms with E-state index >= 15 is 0 Å². The molecule has 0 saturated heterocycles. The van der Waals surface area contributed by atoms with Crippen LogP contribution in [0.25, 0.3) is 0 Å². The molecule has 0 heterocycles. The standard InChI is InChI=1S/C23H39NO2/c1-4-7-8-9-10-11-12-13-14-20(5-2)19-24-22-17-15-21(16-18-22)23(25)26-6-3/h15-18,20,24H,4-14,19H2,1-3H3. The molecule has 3 heteroatoms. The van der Waals surface area contributed by atoms with E-state index in [1.165, 1.54) is 64.2 Å². The Morgan fingerprint density at radius 3 is 2.12 bits per heavy atom. The molecule has 0 aliphatic carbocycles. The lowest BCUT2D eigenvalue weighted by Crippen LogP contribution is -2.14. The van der Waals surface area contributed by atoms with Gasteiger partial charge in [-0.25, -0.2) is 4.79 Å². The fourth-order valence-electron chi connectivity index (χ4n) is 3.22. The number of carbonyl (C=O) groups excluding carboxylic acids is 1. The highest BCUT2D eigenvalue weighted by Gasteiger charge is 2.08. The van der Waals surface area contributed by atoms with Crippen molar-refractivity contribution in [3.05, 3.63) is 29.8 Å². The quantitative estimate of drug-likeness (QED) is 0.275. The number of nitrogens with one attached hydrogen (secondary N) is 1. The minimum atomic E-state index is -0.250. The molecule has 0 radical (unpaired) electrons. The molecule has 0 bridgehead atoms. The number of rotatable bonds is 15. The molecule has 1 aromatic rings. The molecule has 0 spiro atoms. The minimum Gasteiger partial charge on any atom is -0.462 e. The minimum absolute atomic E-state index is 0.250. The molecular weight excluding hydrogens is 322 g/mol. The van der Waals surface area contributed by atoms with E-state index in [0.717, 1.165) is 18.2 Å². The first-order valence-electron chi connectivity index (χ1n) is 10.7. The Morgan fingerprint density at radius 2 is 1.54 bits per heavy atom. The van der Waals surface area contributed by atoms with Crippen LogP contribution < -0.4 is 5.32 Å². The highest BCUT2D eigenvalue weighted by atomic mass is 16.5. The van der Waals surface area contributed by atoms with Gasteiger partial charge in [0, 0.05) is 12.2 Å². The summed E-state index contributed by atoms with van der Waals surface area (Å²) >= 11 is 0. The summed E-state index contributed by atoms with van der Waals surface area (Å²) in [5.41, 5.74) is 1.69. The molecule has 0 aliphatic heterocycles. The number of unbranched alkanes of at least 4 members (excludes halogenated alkanes) is 7. The zero-order valence-corrected chi connectivity index (χ0v) is 17.2. The van der Waals surface area contributed by atoms with E-state index in [0.29, 0.717) is 12.2 Å². The zero-order valence-electron chi connectivity index (χ0n) is 17.2. The van der Waals surface area contributed by atoms with E-state index in [1.807, 2.05) is 31.2 Å². The van der Waals surface area contributed by atoms with Gasteiger partial charge in [0.05, 0.1) is 12.2 Å². The van der Waals surface area contributed by atoms with Crippen molar-refractivity contribution in [1.82, 2.24) is 0 Å². The van der Waals surface area contributed by atoms with Gasteiger partial charge in [0.25, 0.3) is 0 Å². The topological polar surface area (TPSA) is 38.3 Å². The molecule has 0 aliphatic rings. The van der Waals surface area contributed by atoms with E-state index < -0.39 is 0 Å². The van der Waals surface area contributed by atoms with Gasteiger partial charge in [-0.05, 0) is 43.5 Å². The molecule has 148 valence electrons. The van der Waals surface area contributed by atoms with E-state index in [4.69, 9.17) is 4.74 Å². The number of carbonyl (C=O) groups is 1. The maximum Gasteiger partial charge on any atom is 0.338 e. The normalized spacial score (nSPS) is 12.0. The molecule has 0 aromatic heterocycles. The van der Waals surface area contributed by atoms with Gasteiger partial charge in [-0.3, -0.25) is 0 Å². The summed E-state index contributed by atoms with van der Waals surface area (Å²) in [7, 11) is 0. The number of esters is 1. The fourth-order valence-corrected chi connectivity index (χ4v) is 3.22. The van der Waals surface area contributed by atoms with Crippen LogP contribution in [0.5, 0.6) is 0 Å². The second kappa shape index (κ2) is 14.6. The molecule has 1 atom stereocenters. The van der Waals surface area contributed by atoms with Gasteiger partial charge in [0.15, 0.2) is 0 Å². The maximum atomic E-state index is 11.7. The first-order valence-corrected chi connectivity index (χ1v) is 10.7. The average Bonchev–Trinajstić information content (AvgIpc) is 2.67. The number of benzene rings is 1. The van der Waals surface area contributed by atoms with Gasteiger partial charge in [0.2, 0.25) is 0 Å². The van der Waals surface area contributed by atoms with Crippen molar-refractivity contribution in [2.45, 2.75) is 85.0 Å². The van der Waals surface area contributed by atoms with Gasteiger partial charge in [-0.2, -0.15) is 0 Å². The maximum absolute atomic E-state index is 11.7. The summed E-state index contributed by atoms with van der Waals surface area (Å²) in [4.78, 5) is 11.7. The lowest BCUT2D eigenvalue weighted by atomic mass is 9.97. The molecule has 26 heavy (non-hydrogen) atoms. The van der Waals surface area contributed by atoms with Crippen molar-refractivity contribution < 1.29 is 9.53 Å². The summed E-state index contributed by atoms with van der Waals surface area (Å²) in [5, 5.41) is 3.52. The van der Waals surface area contributed by atoms with Crippen LogP contribution in [0.3, 0.4) is 0 Å². The highest BCUT2D eigenvalue weighted by Crippen LogP contribution is 2.17. The molecule has 1 unspecified atom stereocenters. The molecule has 3 nitrogen and oxygen atoms in total. The predicted molar refractivity (Wildman–Crippen MR) is 112 cm³/mol. The number of hydrogen-bond acceptors (Lipinski definition) is 3. The third-order valence-corrected chi connectivity index (χ3v) is 5.03. The Hall–Kier alpha value is -1.51. The largest absolute Gasteiger partial charge is 0.462 e. The van der Waals surface area contributed by atoms with Crippen LogP contribution in [-0.2, 0) is 4.74 Å². The van der Waals surface area contributed by atoms with Gasteiger partial charge in [-0.15, -0.1) is 0 Å². The second-order valence-corrected chi connectivity index (χ2v) is 7.22. The Labute approximate surface area is 160 Å². The van der Waals surface area contributed by atoms with Crippen LogP contribution in [0.4, 0.5) is 5.69 Å². The molecule has 1 aromatic carbocycles. The van der Waals surface area contributed by atoms with Gasteiger partial charge < -0.3 is 10.1 Å². The smallest absolute Gasteiger partial charge is 0.338 e. The van der Waals surface area contributed by atoms with Crippen LogP contribution >= 0.6 is 0 Å². The molecular formula is C23H39NO2. The highest BCUT2D eigenvalue weighted by molar-refractivity contribution is 5.89. The Bertz CT molecular complexity index is 470. The van der Waals surface area contributed by atoms with E-state index in [-0.39, 0.29) is 5.97 Å². The first-order chi connectivity index (χ1) is 12.7. The monoisotopic (exact) mass is 361 g/mol. The van der Waals surface area contributed by atoms with Gasteiger partial charge in [-0.1, -0.05) is 71.6 Å². The van der Waals surface area contributed by atoms with Crippen molar-refractivity contribution in [1.29, 1.82) is 0 Å². The molecule has 0 amide bonds. The van der Waals surface area contributed by atoms with Crippen LogP contribution in [0.15, 0.2) is 24.3 Å².